The Morgan fingerprint density at radius 3 is 2.62 bits per heavy atom. The van der Waals surface area contributed by atoms with Crippen molar-refractivity contribution in [3.8, 4) is 17.2 Å². The van der Waals surface area contributed by atoms with E-state index in [1.807, 2.05) is 0 Å². The van der Waals surface area contributed by atoms with Gasteiger partial charge in [-0.25, -0.2) is 4.79 Å². The maximum absolute atomic E-state index is 11.0. The van der Waals surface area contributed by atoms with Gasteiger partial charge in [-0.1, -0.05) is 0 Å². The van der Waals surface area contributed by atoms with Crippen LogP contribution in [0.4, 0.5) is 0 Å². The van der Waals surface area contributed by atoms with E-state index in [2.05, 4.69) is 4.74 Å². The third-order valence-corrected chi connectivity index (χ3v) is 1.93. The highest BCUT2D eigenvalue weighted by molar-refractivity contribution is 5.71. The van der Waals surface area contributed by atoms with Crippen LogP contribution in [-0.4, -0.2) is 29.4 Å². The number of phenols is 2. The predicted octanol–water partition coefficient (Wildman–Crippen LogP) is 1.35. The van der Waals surface area contributed by atoms with Crippen molar-refractivity contribution < 1.29 is 24.5 Å². The molecule has 1 aromatic rings. The van der Waals surface area contributed by atoms with E-state index in [-0.39, 0.29) is 30.5 Å². The highest BCUT2D eigenvalue weighted by Gasteiger charge is 2.09. The molecule has 0 saturated carbocycles. The molecule has 0 bridgehead atoms. The van der Waals surface area contributed by atoms with E-state index in [4.69, 9.17) is 4.74 Å². The lowest BCUT2D eigenvalue weighted by Crippen LogP contribution is -2.14. The van der Waals surface area contributed by atoms with Crippen LogP contribution < -0.4 is 4.74 Å². The summed E-state index contributed by atoms with van der Waals surface area (Å²) in [7, 11) is 0. The van der Waals surface area contributed by atoms with Crippen molar-refractivity contribution in [1.82, 2.24) is 0 Å². The van der Waals surface area contributed by atoms with Gasteiger partial charge in [0.25, 0.3) is 0 Å². The third kappa shape index (κ3) is 3.05. The SMILES string of the molecule is CCOC(=O)COc1cc(C)c(O)cc1O. The maximum Gasteiger partial charge on any atom is 0.344 e. The lowest BCUT2D eigenvalue weighted by molar-refractivity contribution is -0.145. The van der Waals surface area contributed by atoms with Crippen LogP contribution in [-0.2, 0) is 9.53 Å². The van der Waals surface area contributed by atoms with Crippen molar-refractivity contribution in [3.05, 3.63) is 17.7 Å². The van der Waals surface area contributed by atoms with Crippen LogP contribution in [0, 0.1) is 6.92 Å². The molecule has 16 heavy (non-hydrogen) atoms. The van der Waals surface area contributed by atoms with Crippen molar-refractivity contribution in [2.75, 3.05) is 13.2 Å². The fourth-order valence-electron chi connectivity index (χ4n) is 1.11. The van der Waals surface area contributed by atoms with Crippen LogP contribution in [0.15, 0.2) is 12.1 Å². The first kappa shape index (κ1) is 12.2. The number of carbonyl (C=O) groups is 1. The van der Waals surface area contributed by atoms with Gasteiger partial charge in [-0.2, -0.15) is 0 Å². The van der Waals surface area contributed by atoms with E-state index in [0.29, 0.717) is 5.56 Å². The van der Waals surface area contributed by atoms with Crippen LogP contribution in [0.25, 0.3) is 0 Å². The maximum atomic E-state index is 11.0. The lowest BCUT2D eigenvalue weighted by atomic mass is 10.2. The lowest BCUT2D eigenvalue weighted by Gasteiger charge is -2.09. The largest absolute Gasteiger partial charge is 0.508 e. The summed E-state index contributed by atoms with van der Waals surface area (Å²) in [5.74, 6) is -0.607. The van der Waals surface area contributed by atoms with Crippen molar-refractivity contribution in [2.24, 2.45) is 0 Å². The average molecular weight is 226 g/mol. The second-order valence-electron chi connectivity index (χ2n) is 3.20. The predicted molar refractivity (Wildman–Crippen MR) is 56.6 cm³/mol. The number of aromatic hydroxyl groups is 2. The summed E-state index contributed by atoms with van der Waals surface area (Å²) in [6.45, 7) is 3.36. The van der Waals surface area contributed by atoms with E-state index in [9.17, 15) is 15.0 Å². The molecule has 0 aliphatic heterocycles. The molecule has 0 aliphatic rings. The van der Waals surface area contributed by atoms with E-state index in [1.54, 1.807) is 13.8 Å². The Balaban J connectivity index is 2.67. The number of aryl methyl sites for hydroxylation is 1. The second-order valence-corrected chi connectivity index (χ2v) is 3.20. The summed E-state index contributed by atoms with van der Waals surface area (Å²) in [6, 6.07) is 2.61. The molecule has 0 radical (unpaired) electrons. The van der Waals surface area contributed by atoms with Crippen molar-refractivity contribution in [2.45, 2.75) is 13.8 Å². The first-order chi connectivity index (χ1) is 7.54. The second kappa shape index (κ2) is 5.25. The van der Waals surface area contributed by atoms with E-state index < -0.39 is 5.97 Å². The van der Waals surface area contributed by atoms with Gasteiger partial charge in [0.05, 0.1) is 6.61 Å². The average Bonchev–Trinajstić information content (AvgIpc) is 2.22. The molecular weight excluding hydrogens is 212 g/mol. The summed E-state index contributed by atoms with van der Waals surface area (Å²) in [6.07, 6.45) is 0. The monoisotopic (exact) mass is 226 g/mol. The summed E-state index contributed by atoms with van der Waals surface area (Å²) >= 11 is 0. The van der Waals surface area contributed by atoms with Gasteiger partial charge in [0.15, 0.2) is 18.1 Å². The number of rotatable bonds is 4. The van der Waals surface area contributed by atoms with Crippen LogP contribution in [0.3, 0.4) is 0 Å². The highest BCUT2D eigenvalue weighted by Crippen LogP contribution is 2.32. The van der Waals surface area contributed by atoms with Gasteiger partial charge in [-0.05, 0) is 25.5 Å². The number of hydrogen-bond acceptors (Lipinski definition) is 5. The molecular formula is C11H14O5. The first-order valence-corrected chi connectivity index (χ1v) is 4.85. The Hall–Kier alpha value is -1.91. The topological polar surface area (TPSA) is 76.0 Å². The minimum Gasteiger partial charge on any atom is -0.508 e. The molecule has 0 aliphatic carbocycles. The molecule has 0 atom stereocenters. The molecule has 88 valence electrons. The van der Waals surface area contributed by atoms with Crippen molar-refractivity contribution in [1.29, 1.82) is 0 Å². The van der Waals surface area contributed by atoms with Crippen LogP contribution in [0.1, 0.15) is 12.5 Å². The minimum atomic E-state index is -0.507. The number of hydrogen-bond donors (Lipinski definition) is 2. The number of ether oxygens (including phenoxy) is 2. The van der Waals surface area contributed by atoms with E-state index in [0.717, 1.165) is 6.07 Å². The molecule has 1 aromatic carbocycles. The molecule has 0 unspecified atom stereocenters. The van der Waals surface area contributed by atoms with Gasteiger partial charge < -0.3 is 19.7 Å². The third-order valence-electron chi connectivity index (χ3n) is 1.93. The van der Waals surface area contributed by atoms with Gasteiger partial charge in [-0.3, -0.25) is 0 Å². The zero-order valence-electron chi connectivity index (χ0n) is 9.19. The molecule has 1 rings (SSSR count). The van der Waals surface area contributed by atoms with Crippen LogP contribution in [0.5, 0.6) is 17.2 Å². The first-order valence-electron chi connectivity index (χ1n) is 4.85. The number of phenolic OH excluding ortho intramolecular Hbond substituents is 2. The molecule has 0 heterocycles. The van der Waals surface area contributed by atoms with Crippen molar-refractivity contribution >= 4 is 5.97 Å². The number of benzene rings is 1. The zero-order chi connectivity index (χ0) is 12.1. The summed E-state index contributed by atoms with van der Waals surface area (Å²) in [5.41, 5.74) is 0.552. The smallest absolute Gasteiger partial charge is 0.344 e. The molecule has 2 N–H and O–H groups in total. The highest BCUT2D eigenvalue weighted by atomic mass is 16.6. The van der Waals surface area contributed by atoms with Crippen LogP contribution in [0.2, 0.25) is 0 Å². The molecule has 0 saturated heterocycles. The molecule has 0 fully saturated rings. The van der Waals surface area contributed by atoms with E-state index in [1.165, 1.54) is 6.07 Å². The normalized spacial score (nSPS) is 9.88. The van der Waals surface area contributed by atoms with Gasteiger partial charge in [0.1, 0.15) is 5.75 Å². The summed E-state index contributed by atoms with van der Waals surface area (Å²) in [4.78, 5) is 11.0. The van der Waals surface area contributed by atoms with Crippen LogP contribution >= 0.6 is 0 Å². The van der Waals surface area contributed by atoms with Gasteiger partial charge in [0.2, 0.25) is 0 Å². The molecule has 0 spiro atoms. The number of esters is 1. The Morgan fingerprint density at radius 1 is 1.31 bits per heavy atom. The molecule has 0 aromatic heterocycles. The minimum absolute atomic E-state index is 0.0269. The Bertz CT molecular complexity index is 386. The summed E-state index contributed by atoms with van der Waals surface area (Å²) in [5, 5.41) is 18.7. The van der Waals surface area contributed by atoms with Crippen molar-refractivity contribution in [3.63, 3.8) is 0 Å². The quantitative estimate of drug-likeness (QED) is 0.758. The van der Waals surface area contributed by atoms with E-state index >= 15 is 0 Å². The van der Waals surface area contributed by atoms with Gasteiger partial charge in [0, 0.05) is 6.07 Å². The standard InChI is InChI=1S/C11H14O5/c1-3-15-11(14)6-16-10-4-7(2)8(12)5-9(10)13/h4-5,12-13H,3,6H2,1-2H3. The summed E-state index contributed by atoms with van der Waals surface area (Å²) < 4.78 is 9.71. The molecule has 0 amide bonds. The number of carbonyl (C=O) groups excluding carboxylic acids is 1. The van der Waals surface area contributed by atoms with Gasteiger partial charge in [-0.15, -0.1) is 0 Å². The zero-order valence-corrected chi connectivity index (χ0v) is 9.19. The Labute approximate surface area is 93.2 Å². The molecule has 5 heteroatoms. The fourth-order valence-corrected chi connectivity index (χ4v) is 1.11. The van der Waals surface area contributed by atoms with Gasteiger partial charge >= 0.3 is 5.97 Å². The Morgan fingerprint density at radius 2 is 2.00 bits per heavy atom. The fraction of sp³-hybridized carbons (Fsp3) is 0.364. The Kier molecular flexibility index (Phi) is 3.99. The molecule has 5 nitrogen and oxygen atoms in total.